The van der Waals surface area contributed by atoms with Gasteiger partial charge in [-0.1, -0.05) is 58.8 Å². The number of fused-ring (bicyclic) bond motifs is 3. The topological polar surface area (TPSA) is 166 Å². The first-order valence-corrected chi connectivity index (χ1v) is 14.9. The van der Waals surface area contributed by atoms with Crippen LogP contribution in [-0.4, -0.2) is 41.6 Å². The molecule has 0 aliphatic rings. The zero-order chi connectivity index (χ0) is 31.9. The van der Waals surface area contributed by atoms with Crippen LogP contribution in [0.2, 0.25) is 0 Å². The van der Waals surface area contributed by atoms with E-state index in [1.165, 1.54) is 17.1 Å². The molecule has 0 saturated heterocycles. The number of hydrogen-bond acceptors (Lipinski definition) is 7. The van der Waals surface area contributed by atoms with Gasteiger partial charge in [0.1, 0.15) is 16.5 Å². The van der Waals surface area contributed by atoms with Crippen molar-refractivity contribution < 1.29 is 28.0 Å². The summed E-state index contributed by atoms with van der Waals surface area (Å²) in [6.07, 6.45) is 0. The lowest BCUT2D eigenvalue weighted by Gasteiger charge is -2.13. The van der Waals surface area contributed by atoms with E-state index in [1.54, 1.807) is 60.7 Å². The highest BCUT2D eigenvalue weighted by atomic mass is 32.2. The Morgan fingerprint density at radius 3 is 1.67 bits per heavy atom. The molecule has 0 radical (unpaired) electrons. The third-order valence-electron chi connectivity index (χ3n) is 7.56. The Balaban J connectivity index is 1.65. The van der Waals surface area contributed by atoms with Gasteiger partial charge in [0.25, 0.3) is 10.0 Å². The molecule has 0 atom stereocenters. The second-order valence-electron chi connectivity index (χ2n) is 10.2. The molecule has 6 rings (SSSR count). The average Bonchev–Trinajstić information content (AvgIpc) is 3.41. The maximum absolute atomic E-state index is 14.4. The molecular weight excluding hydrogens is 597 g/mol. The van der Waals surface area contributed by atoms with Gasteiger partial charge in [0.2, 0.25) is 0 Å². The van der Waals surface area contributed by atoms with Gasteiger partial charge in [-0.3, -0.25) is 0 Å². The van der Waals surface area contributed by atoms with Crippen molar-refractivity contribution >= 4 is 43.5 Å². The van der Waals surface area contributed by atoms with Gasteiger partial charge in [0.05, 0.1) is 18.1 Å². The summed E-state index contributed by atoms with van der Waals surface area (Å²) in [6, 6.07) is 28.1. The lowest BCUT2D eigenvalue weighted by Crippen LogP contribution is -2.14. The zero-order valence-corrected chi connectivity index (χ0v) is 24.5. The number of amidine groups is 2. The molecule has 45 heavy (non-hydrogen) atoms. The number of nitrogens with zero attached hydrogens (tertiary/aromatic N) is 3. The fourth-order valence-electron chi connectivity index (χ4n) is 5.39. The van der Waals surface area contributed by atoms with E-state index < -0.39 is 15.8 Å². The molecule has 0 fully saturated rings. The van der Waals surface area contributed by atoms with E-state index in [0.29, 0.717) is 32.9 Å². The van der Waals surface area contributed by atoms with Gasteiger partial charge >= 0.3 is 0 Å². The van der Waals surface area contributed by atoms with Crippen LogP contribution in [0, 0.1) is 5.82 Å². The molecule has 5 aromatic carbocycles. The summed E-state index contributed by atoms with van der Waals surface area (Å²) in [5, 5.41) is 25.7. The smallest absolute Gasteiger partial charge is 0.272 e. The van der Waals surface area contributed by atoms with Gasteiger partial charge in [-0.25, -0.2) is 16.8 Å². The van der Waals surface area contributed by atoms with E-state index in [2.05, 4.69) is 10.3 Å². The third kappa shape index (κ3) is 5.06. The van der Waals surface area contributed by atoms with Crippen molar-refractivity contribution in [3.63, 3.8) is 0 Å². The Bertz CT molecular complexity index is 2180. The Labute approximate surface area is 256 Å². The number of methoxy groups -OCH3 is 1. The summed E-state index contributed by atoms with van der Waals surface area (Å²) in [4.78, 5) is -0.324. The van der Waals surface area contributed by atoms with Gasteiger partial charge in [-0.2, -0.15) is 0 Å². The van der Waals surface area contributed by atoms with Crippen LogP contribution in [0.15, 0.2) is 118 Å². The number of halogens is 1. The number of rotatable bonds is 7. The molecule has 12 heteroatoms. The van der Waals surface area contributed by atoms with E-state index in [9.17, 15) is 12.8 Å². The van der Waals surface area contributed by atoms with Crippen molar-refractivity contribution in [2.45, 2.75) is 4.90 Å². The molecule has 0 saturated carbocycles. The largest absolute Gasteiger partial charge is 0.495 e. The molecule has 1 heterocycles. The molecule has 1 aromatic heterocycles. The predicted octanol–water partition coefficient (Wildman–Crippen LogP) is 5.70. The van der Waals surface area contributed by atoms with Gasteiger partial charge in [-0.15, -0.1) is 0 Å². The molecule has 0 unspecified atom stereocenters. The maximum Gasteiger partial charge on any atom is 0.272 e. The minimum Gasteiger partial charge on any atom is -0.495 e. The fraction of sp³-hybridized carbons (Fsp3) is 0.0303. The highest BCUT2D eigenvalue weighted by molar-refractivity contribution is 7.90. The van der Waals surface area contributed by atoms with E-state index in [0.717, 1.165) is 34.4 Å². The van der Waals surface area contributed by atoms with Gasteiger partial charge < -0.3 is 26.6 Å². The van der Waals surface area contributed by atoms with Crippen LogP contribution in [0.1, 0.15) is 11.1 Å². The van der Waals surface area contributed by atoms with Crippen LogP contribution < -0.4 is 16.2 Å². The monoisotopic (exact) mass is 623 g/mol. The minimum absolute atomic E-state index is 0.000423. The van der Waals surface area contributed by atoms with Crippen molar-refractivity contribution in [3.8, 4) is 28.0 Å². The predicted molar refractivity (Wildman–Crippen MR) is 171 cm³/mol. The zero-order valence-electron chi connectivity index (χ0n) is 23.7. The van der Waals surface area contributed by atoms with Crippen molar-refractivity contribution in [2.24, 2.45) is 21.8 Å². The van der Waals surface area contributed by atoms with Crippen LogP contribution in [-0.2, 0) is 10.0 Å². The molecule has 0 bridgehead atoms. The van der Waals surface area contributed by atoms with Gasteiger partial charge in [0.15, 0.2) is 11.7 Å². The first-order valence-electron chi connectivity index (χ1n) is 13.5. The van der Waals surface area contributed by atoms with Crippen molar-refractivity contribution in [1.82, 2.24) is 3.97 Å². The number of benzene rings is 5. The summed E-state index contributed by atoms with van der Waals surface area (Å²) < 4.78 is 49.5. The number of nitrogens with two attached hydrogens (primary N) is 2. The molecule has 0 aliphatic heterocycles. The van der Waals surface area contributed by atoms with E-state index in [1.807, 2.05) is 24.3 Å². The van der Waals surface area contributed by atoms with Crippen LogP contribution in [0.4, 0.5) is 4.39 Å². The molecule has 226 valence electrons. The molecule has 0 aliphatic carbocycles. The normalized spacial score (nSPS) is 12.6. The van der Waals surface area contributed by atoms with Crippen molar-refractivity contribution in [2.75, 3.05) is 7.11 Å². The SMILES string of the molecule is COc1ccc(F)cc1S(=O)(=O)n1c2ccc(-c3cccc(/C(N)=N/O)c3)cc2c2cc(-c3cccc(/C(N)=N/O)c3)ccc21. The Morgan fingerprint density at radius 2 is 1.20 bits per heavy atom. The fourth-order valence-corrected chi connectivity index (χ4v) is 7.09. The van der Waals surface area contributed by atoms with Gasteiger partial charge in [0, 0.05) is 21.9 Å². The maximum atomic E-state index is 14.4. The molecule has 6 N–H and O–H groups in total. The number of aromatic nitrogens is 1. The first kappa shape index (κ1) is 29.2. The second kappa shape index (κ2) is 11.3. The summed E-state index contributed by atoms with van der Waals surface area (Å²) in [5.74, 6) is -0.831. The highest BCUT2D eigenvalue weighted by Gasteiger charge is 2.27. The Morgan fingerprint density at radius 1 is 0.711 bits per heavy atom. The van der Waals surface area contributed by atoms with Gasteiger partial charge in [-0.05, 0) is 76.9 Å². The lowest BCUT2D eigenvalue weighted by atomic mass is 9.98. The average molecular weight is 624 g/mol. The lowest BCUT2D eigenvalue weighted by molar-refractivity contribution is 0.318. The molecule has 6 aromatic rings. The summed E-state index contributed by atoms with van der Waals surface area (Å²) in [6.45, 7) is 0. The minimum atomic E-state index is -4.38. The highest BCUT2D eigenvalue weighted by Crippen LogP contribution is 2.39. The Hall–Kier alpha value is -5.88. The summed E-state index contributed by atoms with van der Waals surface area (Å²) >= 11 is 0. The quantitative estimate of drug-likeness (QED) is 0.0766. The molecular formula is C33H26FN5O5S. The Kier molecular flexibility index (Phi) is 7.35. The third-order valence-corrected chi connectivity index (χ3v) is 9.31. The molecule has 10 nitrogen and oxygen atoms in total. The number of ether oxygens (including phenoxy) is 1. The van der Waals surface area contributed by atoms with Crippen molar-refractivity contribution in [1.29, 1.82) is 0 Å². The van der Waals surface area contributed by atoms with Crippen LogP contribution >= 0.6 is 0 Å². The number of hydrogen-bond donors (Lipinski definition) is 4. The van der Waals surface area contributed by atoms with E-state index >= 15 is 0 Å². The summed E-state index contributed by atoms with van der Waals surface area (Å²) in [5.41, 5.74) is 16.4. The number of oxime groups is 2. The second-order valence-corrected chi connectivity index (χ2v) is 11.9. The van der Waals surface area contributed by atoms with Crippen LogP contribution in [0.5, 0.6) is 5.75 Å². The van der Waals surface area contributed by atoms with E-state index in [4.69, 9.17) is 26.6 Å². The summed E-state index contributed by atoms with van der Waals surface area (Å²) in [7, 11) is -3.06. The van der Waals surface area contributed by atoms with Crippen LogP contribution in [0.25, 0.3) is 44.1 Å². The van der Waals surface area contributed by atoms with Crippen molar-refractivity contribution in [3.05, 3.63) is 120 Å². The standard InChI is InChI=1S/C33H26FN5O5S/c1-44-30-13-10-25(34)18-31(30)45(42,43)39-28-11-8-21(19-4-2-6-23(14-19)32(35)37-40)16-26(28)27-17-22(9-12-29(27)39)20-5-3-7-24(15-20)33(36)38-41/h2-18,40-41H,1H3,(H2,35,37)(H2,36,38). The first-order chi connectivity index (χ1) is 21.7. The molecule has 0 amide bonds. The van der Waals surface area contributed by atoms with Crippen LogP contribution in [0.3, 0.4) is 0 Å². The molecule has 0 spiro atoms. The van der Waals surface area contributed by atoms with E-state index in [-0.39, 0.29) is 22.3 Å².